The van der Waals surface area contributed by atoms with Gasteiger partial charge < -0.3 is 10.1 Å². The van der Waals surface area contributed by atoms with Gasteiger partial charge in [-0.1, -0.05) is 11.6 Å². The second-order valence-corrected chi connectivity index (χ2v) is 6.67. The van der Waals surface area contributed by atoms with E-state index in [4.69, 9.17) is 16.3 Å². The van der Waals surface area contributed by atoms with E-state index in [-0.39, 0.29) is 5.91 Å². The Morgan fingerprint density at radius 3 is 2.72 bits per heavy atom. The number of ether oxygens (including phenoxy) is 1. The van der Waals surface area contributed by atoms with Gasteiger partial charge in [-0.2, -0.15) is 5.10 Å². The van der Waals surface area contributed by atoms with Crippen LogP contribution in [0.1, 0.15) is 35.4 Å². The fraction of sp³-hybridized carbons (Fsp3) is 0.474. The Morgan fingerprint density at radius 2 is 2.08 bits per heavy atom. The minimum Gasteiger partial charge on any atom is -0.493 e. The Kier molecular flexibility index (Phi) is 6.88. The highest BCUT2D eigenvalue weighted by molar-refractivity contribution is 6.30. The van der Waals surface area contributed by atoms with Crippen molar-refractivity contribution in [2.45, 2.75) is 40.0 Å². The van der Waals surface area contributed by atoms with Crippen LogP contribution in [0.2, 0.25) is 5.02 Å². The molecule has 1 heterocycles. The Balaban J connectivity index is 1.65. The van der Waals surface area contributed by atoms with Gasteiger partial charge in [0.05, 0.1) is 12.3 Å². The first-order valence-electron chi connectivity index (χ1n) is 8.53. The minimum absolute atomic E-state index is 0.0605. The van der Waals surface area contributed by atoms with Gasteiger partial charge in [-0.25, -0.2) is 0 Å². The summed E-state index contributed by atoms with van der Waals surface area (Å²) in [5.41, 5.74) is 4.30. The number of carbonyl (C=O) groups excluding carboxylic acids is 1. The van der Waals surface area contributed by atoms with Gasteiger partial charge >= 0.3 is 0 Å². The van der Waals surface area contributed by atoms with Crippen LogP contribution < -0.4 is 10.1 Å². The molecule has 1 N–H and O–H groups in total. The number of aryl methyl sites for hydroxylation is 3. The van der Waals surface area contributed by atoms with Crippen LogP contribution >= 0.6 is 11.6 Å². The van der Waals surface area contributed by atoms with E-state index in [1.807, 2.05) is 50.7 Å². The molecule has 1 amide bonds. The molecule has 0 saturated heterocycles. The molecule has 25 heavy (non-hydrogen) atoms. The number of hydrogen-bond donors (Lipinski definition) is 1. The van der Waals surface area contributed by atoms with Crippen LogP contribution in [-0.2, 0) is 18.3 Å². The van der Waals surface area contributed by atoms with Crippen molar-refractivity contribution in [3.8, 4) is 5.75 Å². The fourth-order valence-corrected chi connectivity index (χ4v) is 2.99. The lowest BCUT2D eigenvalue weighted by Crippen LogP contribution is -2.25. The molecule has 6 heteroatoms. The molecular weight excluding hydrogens is 338 g/mol. The van der Waals surface area contributed by atoms with Gasteiger partial charge in [-0.3, -0.25) is 9.48 Å². The molecular formula is C19H26ClN3O2. The second-order valence-electron chi connectivity index (χ2n) is 6.23. The standard InChI is InChI=1S/C19H26ClN3O2/c1-13-12-16(20)6-8-18(13)25-11-5-10-21-19(24)9-7-17-14(2)22-23(4)15(17)3/h6,8,12H,5,7,9-11H2,1-4H3,(H,21,24). The predicted octanol–water partition coefficient (Wildman–Crippen LogP) is 3.52. The summed E-state index contributed by atoms with van der Waals surface area (Å²) < 4.78 is 7.58. The van der Waals surface area contributed by atoms with Crippen LogP contribution in [0.3, 0.4) is 0 Å². The summed E-state index contributed by atoms with van der Waals surface area (Å²) >= 11 is 5.92. The molecule has 0 bridgehead atoms. The van der Waals surface area contributed by atoms with Crippen molar-refractivity contribution in [3.63, 3.8) is 0 Å². The van der Waals surface area contributed by atoms with Crippen molar-refractivity contribution in [1.29, 1.82) is 0 Å². The number of amides is 1. The molecule has 0 radical (unpaired) electrons. The van der Waals surface area contributed by atoms with E-state index in [2.05, 4.69) is 10.4 Å². The molecule has 2 aromatic rings. The number of aromatic nitrogens is 2. The Bertz CT molecular complexity index is 741. The molecule has 0 spiro atoms. The van der Waals surface area contributed by atoms with E-state index < -0.39 is 0 Å². The first-order valence-corrected chi connectivity index (χ1v) is 8.91. The Labute approximate surface area is 154 Å². The number of carbonyl (C=O) groups is 1. The van der Waals surface area contributed by atoms with Crippen molar-refractivity contribution in [3.05, 3.63) is 45.7 Å². The molecule has 5 nitrogen and oxygen atoms in total. The molecule has 0 aliphatic heterocycles. The number of nitrogens with zero attached hydrogens (tertiary/aromatic N) is 2. The Morgan fingerprint density at radius 1 is 1.32 bits per heavy atom. The van der Waals surface area contributed by atoms with Crippen LogP contribution in [0.25, 0.3) is 0 Å². The first kappa shape index (κ1) is 19.3. The van der Waals surface area contributed by atoms with Crippen molar-refractivity contribution in [2.24, 2.45) is 7.05 Å². The van der Waals surface area contributed by atoms with Gasteiger partial charge in [-0.05, 0) is 62.9 Å². The molecule has 0 atom stereocenters. The van der Waals surface area contributed by atoms with E-state index in [1.54, 1.807) is 0 Å². The number of nitrogens with one attached hydrogen (secondary N) is 1. The number of hydrogen-bond acceptors (Lipinski definition) is 3. The summed E-state index contributed by atoms with van der Waals surface area (Å²) in [5.74, 6) is 0.892. The molecule has 1 aromatic carbocycles. The normalized spacial score (nSPS) is 10.8. The van der Waals surface area contributed by atoms with Crippen LogP contribution in [0.5, 0.6) is 5.75 Å². The van der Waals surface area contributed by atoms with E-state index in [9.17, 15) is 4.79 Å². The summed E-state index contributed by atoms with van der Waals surface area (Å²) in [6.45, 7) is 7.14. The highest BCUT2D eigenvalue weighted by Gasteiger charge is 2.11. The second kappa shape index (κ2) is 8.90. The molecule has 1 aromatic heterocycles. The smallest absolute Gasteiger partial charge is 0.220 e. The topological polar surface area (TPSA) is 56.1 Å². The zero-order valence-corrected chi connectivity index (χ0v) is 16.1. The number of rotatable bonds is 8. The summed E-state index contributed by atoms with van der Waals surface area (Å²) in [4.78, 5) is 12.0. The minimum atomic E-state index is 0.0605. The largest absolute Gasteiger partial charge is 0.493 e. The summed E-state index contributed by atoms with van der Waals surface area (Å²) in [5, 5.41) is 8.02. The van der Waals surface area contributed by atoms with Gasteiger partial charge in [-0.15, -0.1) is 0 Å². The van der Waals surface area contributed by atoms with Crippen molar-refractivity contribution in [1.82, 2.24) is 15.1 Å². The average Bonchev–Trinajstić information content (AvgIpc) is 2.79. The molecule has 0 fully saturated rings. The molecule has 0 unspecified atom stereocenters. The summed E-state index contributed by atoms with van der Waals surface area (Å²) in [6, 6.07) is 5.56. The lowest BCUT2D eigenvalue weighted by Gasteiger charge is -2.10. The quantitative estimate of drug-likeness (QED) is 0.730. The third-order valence-corrected chi connectivity index (χ3v) is 4.53. The number of halogens is 1. The molecule has 2 rings (SSSR count). The third kappa shape index (κ3) is 5.49. The summed E-state index contributed by atoms with van der Waals surface area (Å²) in [6.07, 6.45) is 1.96. The fourth-order valence-electron chi connectivity index (χ4n) is 2.76. The van der Waals surface area contributed by atoms with Crippen LogP contribution in [0.15, 0.2) is 18.2 Å². The monoisotopic (exact) mass is 363 g/mol. The van der Waals surface area contributed by atoms with Crippen LogP contribution in [0, 0.1) is 20.8 Å². The maximum absolute atomic E-state index is 12.0. The van der Waals surface area contributed by atoms with Crippen molar-refractivity contribution < 1.29 is 9.53 Å². The third-order valence-electron chi connectivity index (χ3n) is 4.30. The van der Waals surface area contributed by atoms with Gasteiger partial charge in [0.2, 0.25) is 5.91 Å². The number of benzene rings is 1. The molecule has 136 valence electrons. The lowest BCUT2D eigenvalue weighted by atomic mass is 10.1. The summed E-state index contributed by atoms with van der Waals surface area (Å²) in [7, 11) is 1.92. The van der Waals surface area contributed by atoms with E-state index in [1.165, 1.54) is 5.56 Å². The van der Waals surface area contributed by atoms with E-state index in [0.717, 1.165) is 35.5 Å². The van der Waals surface area contributed by atoms with Gasteiger partial charge in [0.15, 0.2) is 0 Å². The van der Waals surface area contributed by atoms with E-state index in [0.29, 0.717) is 24.6 Å². The van der Waals surface area contributed by atoms with Gasteiger partial charge in [0.1, 0.15) is 5.75 Å². The maximum Gasteiger partial charge on any atom is 0.220 e. The molecule has 0 aliphatic carbocycles. The predicted molar refractivity (Wildman–Crippen MR) is 100 cm³/mol. The SMILES string of the molecule is Cc1cc(Cl)ccc1OCCCNC(=O)CCc1c(C)nn(C)c1C. The zero-order chi connectivity index (χ0) is 18.4. The van der Waals surface area contributed by atoms with E-state index >= 15 is 0 Å². The van der Waals surface area contributed by atoms with Crippen LogP contribution in [-0.4, -0.2) is 28.8 Å². The van der Waals surface area contributed by atoms with Gasteiger partial charge in [0.25, 0.3) is 0 Å². The molecule has 0 aliphatic rings. The lowest BCUT2D eigenvalue weighted by molar-refractivity contribution is -0.121. The van der Waals surface area contributed by atoms with Crippen molar-refractivity contribution in [2.75, 3.05) is 13.2 Å². The maximum atomic E-state index is 12.0. The molecule has 0 saturated carbocycles. The highest BCUT2D eigenvalue weighted by atomic mass is 35.5. The first-order chi connectivity index (χ1) is 11.9. The van der Waals surface area contributed by atoms with Gasteiger partial charge in [0, 0.05) is 30.7 Å². The highest BCUT2D eigenvalue weighted by Crippen LogP contribution is 2.21. The van der Waals surface area contributed by atoms with Crippen molar-refractivity contribution >= 4 is 17.5 Å². The Hall–Kier alpha value is -2.01. The average molecular weight is 364 g/mol. The zero-order valence-electron chi connectivity index (χ0n) is 15.4. The van der Waals surface area contributed by atoms with Crippen LogP contribution in [0.4, 0.5) is 0 Å².